The summed E-state index contributed by atoms with van der Waals surface area (Å²) >= 11 is 0. The summed E-state index contributed by atoms with van der Waals surface area (Å²) in [5.74, 6) is -4.05. The average molecular weight is 650 g/mol. The maximum atomic E-state index is 16.1. The van der Waals surface area contributed by atoms with Crippen molar-refractivity contribution in [2.45, 2.75) is 140 Å². The van der Waals surface area contributed by atoms with E-state index in [9.17, 15) is 37.4 Å². The van der Waals surface area contributed by atoms with Crippen molar-refractivity contribution in [1.29, 1.82) is 0 Å². The van der Waals surface area contributed by atoms with E-state index < -0.39 is 35.7 Å². The number of hydroxylamine groups is 3. The van der Waals surface area contributed by atoms with Crippen molar-refractivity contribution in [2.24, 2.45) is 23.2 Å². The van der Waals surface area contributed by atoms with Crippen LogP contribution in [0.25, 0.3) is 0 Å². The Morgan fingerprint density at radius 2 is 1.53 bits per heavy atom. The number of quaternary nitrogens is 1. The van der Waals surface area contributed by atoms with Crippen LogP contribution in [0.15, 0.2) is 18.2 Å². The van der Waals surface area contributed by atoms with Gasteiger partial charge < -0.3 is 20.1 Å². The summed E-state index contributed by atoms with van der Waals surface area (Å²) < 4.78 is 78.4. The Morgan fingerprint density at radius 1 is 0.933 bits per heavy atom. The molecular formula is C35H53F6NO3. The lowest BCUT2D eigenvalue weighted by atomic mass is 9.50. The highest BCUT2D eigenvalue weighted by Crippen LogP contribution is 2.66. The highest BCUT2D eigenvalue weighted by atomic mass is 19.4. The van der Waals surface area contributed by atoms with Crippen LogP contribution < -0.4 is 0 Å². The molecule has 1 unspecified atom stereocenters. The molecule has 0 spiro atoms. The van der Waals surface area contributed by atoms with Crippen LogP contribution in [0.1, 0.15) is 121 Å². The van der Waals surface area contributed by atoms with E-state index in [-0.39, 0.29) is 40.5 Å². The van der Waals surface area contributed by atoms with Crippen molar-refractivity contribution in [2.75, 3.05) is 20.1 Å². The standard InChI is InChI=1S/C35H53F6NO3/c1-32-23-29(36)31-27-15-14-26(43)22-25(27)21-24(30(31)28(32)16-18-33(32,2)44)13-9-8-12-20-42(3,45)19-11-7-5-4-6-10-17-34(37,38)35(39,40)41/h14-15,22,24,28-31,43-44H,4-13,16-21,23H2,1-3H3/t24-,28+,29+,30+,31+,32+,33+,42?/m1/s1. The molecule has 1 aromatic carbocycles. The summed E-state index contributed by atoms with van der Waals surface area (Å²) in [6, 6.07) is 5.34. The van der Waals surface area contributed by atoms with Crippen molar-refractivity contribution in [3.63, 3.8) is 0 Å². The molecule has 0 bridgehead atoms. The van der Waals surface area contributed by atoms with Crippen molar-refractivity contribution >= 4 is 0 Å². The Labute approximate surface area is 264 Å². The van der Waals surface area contributed by atoms with E-state index in [4.69, 9.17) is 0 Å². The predicted molar refractivity (Wildman–Crippen MR) is 164 cm³/mol. The van der Waals surface area contributed by atoms with Crippen LogP contribution in [0.2, 0.25) is 0 Å². The number of aromatic hydroxyl groups is 1. The van der Waals surface area contributed by atoms with E-state index in [0.717, 1.165) is 56.1 Å². The number of alkyl halides is 6. The number of benzene rings is 1. The molecule has 3 aliphatic rings. The fourth-order valence-corrected chi connectivity index (χ4v) is 9.07. The van der Waals surface area contributed by atoms with Crippen molar-refractivity contribution < 1.29 is 41.2 Å². The van der Waals surface area contributed by atoms with Gasteiger partial charge in [0.25, 0.3) is 0 Å². The van der Waals surface area contributed by atoms with Gasteiger partial charge in [0.1, 0.15) is 11.9 Å². The Morgan fingerprint density at radius 3 is 2.18 bits per heavy atom. The number of unbranched alkanes of at least 4 members (excludes halogenated alkanes) is 7. The molecule has 1 aromatic rings. The molecular weight excluding hydrogens is 596 g/mol. The van der Waals surface area contributed by atoms with Crippen molar-refractivity contribution in [1.82, 2.24) is 0 Å². The number of phenolic OH excluding ortho intramolecular Hbond substituents is 1. The summed E-state index contributed by atoms with van der Waals surface area (Å²) in [6.45, 7) is 4.87. The number of fused-ring (bicyclic) bond motifs is 5. The number of halogens is 6. The molecule has 2 fully saturated rings. The van der Waals surface area contributed by atoms with Crippen molar-refractivity contribution in [3.8, 4) is 5.75 Å². The molecule has 0 heterocycles. The van der Waals surface area contributed by atoms with E-state index in [0.29, 0.717) is 51.6 Å². The smallest absolute Gasteiger partial charge is 0.453 e. The third-order valence-corrected chi connectivity index (χ3v) is 11.9. The molecule has 0 saturated heterocycles. The van der Waals surface area contributed by atoms with Crippen LogP contribution in [0.3, 0.4) is 0 Å². The third-order valence-electron chi connectivity index (χ3n) is 11.9. The number of hydrogen-bond donors (Lipinski definition) is 2. The Kier molecular flexibility index (Phi) is 11.2. The molecule has 258 valence electrons. The minimum atomic E-state index is -5.49. The lowest BCUT2D eigenvalue weighted by Gasteiger charge is -2.56. The van der Waals surface area contributed by atoms with Crippen LogP contribution in [-0.2, 0) is 6.42 Å². The van der Waals surface area contributed by atoms with Crippen molar-refractivity contribution in [3.05, 3.63) is 34.5 Å². The average Bonchev–Trinajstić information content (AvgIpc) is 3.16. The first kappa shape index (κ1) is 36.3. The molecule has 45 heavy (non-hydrogen) atoms. The van der Waals surface area contributed by atoms with E-state index in [1.807, 2.05) is 13.0 Å². The molecule has 10 heteroatoms. The van der Waals surface area contributed by atoms with E-state index in [2.05, 4.69) is 6.92 Å². The third kappa shape index (κ3) is 8.14. The minimum Gasteiger partial charge on any atom is -0.633 e. The summed E-state index contributed by atoms with van der Waals surface area (Å²) in [5.41, 5.74) is 0.680. The normalized spacial score (nSPS) is 32.9. The predicted octanol–water partition coefficient (Wildman–Crippen LogP) is 9.61. The Balaban J connectivity index is 1.21. The lowest BCUT2D eigenvalue weighted by Crippen LogP contribution is -2.54. The van der Waals surface area contributed by atoms with Crippen LogP contribution >= 0.6 is 0 Å². The fourth-order valence-electron chi connectivity index (χ4n) is 9.07. The Hall–Kier alpha value is -1.52. The van der Waals surface area contributed by atoms with Crippen LogP contribution in [-0.4, -0.2) is 58.9 Å². The summed E-state index contributed by atoms with van der Waals surface area (Å²) in [6.07, 6.45) is 1.33. The zero-order chi connectivity index (χ0) is 33.3. The highest BCUT2D eigenvalue weighted by molar-refractivity contribution is 5.41. The van der Waals surface area contributed by atoms with Gasteiger partial charge in [-0.25, -0.2) is 4.39 Å². The van der Waals surface area contributed by atoms with E-state index >= 15 is 4.39 Å². The number of hydrogen-bond acceptors (Lipinski definition) is 3. The topological polar surface area (TPSA) is 63.5 Å². The zero-order valence-electron chi connectivity index (χ0n) is 27.2. The maximum Gasteiger partial charge on any atom is 0.453 e. The van der Waals surface area contributed by atoms with Gasteiger partial charge in [0.2, 0.25) is 0 Å². The quantitative estimate of drug-likeness (QED) is 0.0861. The number of rotatable bonds is 15. The Bertz CT molecular complexity index is 1130. The SMILES string of the molecule is C[C@]1(O)CC[C@H]2[C@@H]3[C@H](CCCCC[N+](C)([O-])CCCCCCCCC(F)(F)C(F)(F)F)Cc4cc(O)ccc4[C@H]3[C@@H](F)C[C@@]21C. The van der Waals surface area contributed by atoms with Gasteiger partial charge in [-0.15, -0.1) is 0 Å². The van der Waals surface area contributed by atoms with Crippen LogP contribution in [0.4, 0.5) is 26.3 Å². The maximum absolute atomic E-state index is 16.1. The van der Waals surface area contributed by atoms with Crippen LogP contribution in [0.5, 0.6) is 5.75 Å². The zero-order valence-corrected chi connectivity index (χ0v) is 27.2. The van der Waals surface area contributed by atoms with Gasteiger partial charge in [0.15, 0.2) is 0 Å². The van der Waals surface area contributed by atoms with Gasteiger partial charge in [-0.1, -0.05) is 38.7 Å². The molecule has 0 radical (unpaired) electrons. The first-order valence-corrected chi connectivity index (χ1v) is 17.1. The van der Waals surface area contributed by atoms with Gasteiger partial charge in [0, 0.05) is 17.8 Å². The van der Waals surface area contributed by atoms with Gasteiger partial charge in [-0.05, 0) is 112 Å². The van der Waals surface area contributed by atoms with Crippen LogP contribution in [0, 0.1) is 28.4 Å². The molecule has 2 N–H and O–H groups in total. The summed E-state index contributed by atoms with van der Waals surface area (Å²) in [5, 5.41) is 34.4. The minimum absolute atomic E-state index is 0.131. The largest absolute Gasteiger partial charge is 0.633 e. The number of aliphatic hydroxyl groups is 1. The molecule has 3 aliphatic carbocycles. The fraction of sp³-hybridized carbons (Fsp3) is 0.829. The second kappa shape index (κ2) is 13.9. The number of phenols is 1. The monoisotopic (exact) mass is 649 g/mol. The van der Waals surface area contributed by atoms with Gasteiger partial charge in [-0.3, -0.25) is 0 Å². The first-order chi connectivity index (χ1) is 20.9. The summed E-state index contributed by atoms with van der Waals surface area (Å²) in [7, 11) is 1.66. The first-order valence-electron chi connectivity index (χ1n) is 17.1. The number of nitrogens with zero attached hydrogens (tertiary/aromatic N) is 1. The molecule has 0 aliphatic heterocycles. The molecule has 0 aromatic heterocycles. The van der Waals surface area contributed by atoms with E-state index in [1.54, 1.807) is 19.2 Å². The lowest BCUT2D eigenvalue weighted by molar-refractivity contribution is -0.861. The van der Waals surface area contributed by atoms with Gasteiger partial charge >= 0.3 is 12.1 Å². The second-order valence-electron chi connectivity index (χ2n) is 15.2. The molecule has 0 amide bonds. The summed E-state index contributed by atoms with van der Waals surface area (Å²) in [4.78, 5) is 0. The molecule has 4 rings (SSSR count). The molecule has 2 saturated carbocycles. The van der Waals surface area contributed by atoms with Gasteiger partial charge in [0.05, 0.1) is 25.7 Å². The molecule has 8 atom stereocenters. The highest BCUT2D eigenvalue weighted by Gasteiger charge is 2.63. The molecule has 4 nitrogen and oxygen atoms in total. The van der Waals surface area contributed by atoms with E-state index in [1.165, 1.54) is 0 Å². The van der Waals surface area contributed by atoms with Gasteiger partial charge in [-0.2, -0.15) is 22.0 Å². The second-order valence-corrected chi connectivity index (χ2v) is 15.2.